The Morgan fingerprint density at radius 3 is 2.53 bits per heavy atom. The van der Waals surface area contributed by atoms with E-state index in [1.807, 2.05) is 12.1 Å². The predicted octanol–water partition coefficient (Wildman–Crippen LogP) is 1.71. The van der Waals surface area contributed by atoms with E-state index >= 15 is 0 Å². The number of nitriles is 2. The van der Waals surface area contributed by atoms with E-state index in [-0.39, 0.29) is 11.1 Å². The van der Waals surface area contributed by atoms with Crippen molar-refractivity contribution in [3.8, 4) is 12.1 Å². The average Bonchev–Trinajstić information content (AvgIpc) is 2.35. The van der Waals surface area contributed by atoms with Gasteiger partial charge in [0.2, 0.25) is 0 Å². The van der Waals surface area contributed by atoms with E-state index in [0.717, 1.165) is 0 Å². The van der Waals surface area contributed by atoms with E-state index in [1.54, 1.807) is 13.0 Å². The number of hydrogen-bond acceptors (Lipinski definition) is 4. The average molecular weight is 229 g/mol. The summed E-state index contributed by atoms with van der Waals surface area (Å²) in [4.78, 5) is 10.8. The van der Waals surface area contributed by atoms with Crippen molar-refractivity contribution in [3.05, 3.63) is 29.3 Å². The minimum atomic E-state index is -0.949. The van der Waals surface area contributed by atoms with Crippen molar-refractivity contribution in [1.29, 1.82) is 10.5 Å². The highest BCUT2D eigenvalue weighted by molar-refractivity contribution is 5.77. The lowest BCUT2D eigenvalue weighted by atomic mass is 10.1. The van der Waals surface area contributed by atoms with Crippen molar-refractivity contribution in [2.24, 2.45) is 0 Å². The molecule has 0 heterocycles. The Balaban J connectivity index is 2.98. The summed E-state index contributed by atoms with van der Waals surface area (Å²) in [6, 6.07) is 7.66. The van der Waals surface area contributed by atoms with Crippen LogP contribution in [-0.2, 0) is 4.79 Å². The molecule has 5 heteroatoms. The van der Waals surface area contributed by atoms with E-state index in [1.165, 1.54) is 12.1 Å². The third-order valence-electron chi connectivity index (χ3n) is 2.31. The van der Waals surface area contributed by atoms with E-state index in [2.05, 4.69) is 5.32 Å². The fraction of sp³-hybridized carbons (Fsp3) is 0.250. The quantitative estimate of drug-likeness (QED) is 0.819. The third kappa shape index (κ3) is 2.96. The monoisotopic (exact) mass is 229 g/mol. The fourth-order valence-corrected chi connectivity index (χ4v) is 1.36. The third-order valence-corrected chi connectivity index (χ3v) is 2.31. The molecule has 0 aliphatic carbocycles. The van der Waals surface area contributed by atoms with Gasteiger partial charge in [-0.25, -0.2) is 4.79 Å². The molecule has 1 rings (SSSR count). The van der Waals surface area contributed by atoms with Crippen molar-refractivity contribution in [3.63, 3.8) is 0 Å². The summed E-state index contributed by atoms with van der Waals surface area (Å²) in [6.45, 7) is 1.75. The van der Waals surface area contributed by atoms with Crippen molar-refractivity contribution >= 4 is 11.7 Å². The minimum Gasteiger partial charge on any atom is -0.480 e. The zero-order valence-electron chi connectivity index (χ0n) is 9.27. The summed E-state index contributed by atoms with van der Waals surface area (Å²) in [6.07, 6.45) is 0.428. The molecule has 1 aromatic carbocycles. The Morgan fingerprint density at radius 1 is 1.41 bits per heavy atom. The highest BCUT2D eigenvalue weighted by atomic mass is 16.4. The molecule has 0 saturated heterocycles. The summed E-state index contributed by atoms with van der Waals surface area (Å²) < 4.78 is 0. The maximum absolute atomic E-state index is 10.8. The number of hydrogen-bond donors (Lipinski definition) is 2. The molecule has 0 radical (unpaired) electrons. The minimum absolute atomic E-state index is 0.234. The zero-order chi connectivity index (χ0) is 12.8. The molecular weight excluding hydrogens is 218 g/mol. The first kappa shape index (κ1) is 12.5. The maximum atomic E-state index is 10.8. The fourth-order valence-electron chi connectivity index (χ4n) is 1.36. The molecular formula is C12H11N3O2. The Kier molecular flexibility index (Phi) is 4.08. The van der Waals surface area contributed by atoms with Crippen molar-refractivity contribution in [2.45, 2.75) is 19.4 Å². The number of nitrogens with zero attached hydrogens (tertiary/aromatic N) is 2. The van der Waals surface area contributed by atoms with Crippen LogP contribution >= 0.6 is 0 Å². The van der Waals surface area contributed by atoms with Gasteiger partial charge in [-0.2, -0.15) is 10.5 Å². The topological polar surface area (TPSA) is 96.9 Å². The Labute approximate surface area is 98.9 Å². The molecule has 1 unspecified atom stereocenters. The van der Waals surface area contributed by atoms with E-state index in [0.29, 0.717) is 12.1 Å². The summed E-state index contributed by atoms with van der Waals surface area (Å²) in [5.74, 6) is -0.949. The van der Waals surface area contributed by atoms with Gasteiger partial charge in [-0.3, -0.25) is 0 Å². The first-order valence-corrected chi connectivity index (χ1v) is 5.06. The Bertz CT molecular complexity index is 511. The van der Waals surface area contributed by atoms with Gasteiger partial charge in [-0.1, -0.05) is 6.92 Å². The molecule has 0 bridgehead atoms. The second-order valence-electron chi connectivity index (χ2n) is 3.43. The largest absolute Gasteiger partial charge is 0.480 e. The van der Waals surface area contributed by atoms with E-state index in [9.17, 15) is 4.79 Å². The Hall–Kier alpha value is -2.53. The first-order chi connectivity index (χ1) is 8.12. The van der Waals surface area contributed by atoms with Crippen LogP contribution in [0.5, 0.6) is 0 Å². The molecule has 17 heavy (non-hydrogen) atoms. The van der Waals surface area contributed by atoms with Crippen molar-refractivity contribution in [2.75, 3.05) is 5.32 Å². The lowest BCUT2D eigenvalue weighted by molar-refractivity contribution is -0.137. The van der Waals surface area contributed by atoms with Crippen LogP contribution in [0.3, 0.4) is 0 Å². The number of aliphatic carboxylic acids is 1. The summed E-state index contributed by atoms with van der Waals surface area (Å²) in [7, 11) is 0. The molecule has 5 nitrogen and oxygen atoms in total. The summed E-state index contributed by atoms with van der Waals surface area (Å²) in [5.41, 5.74) is 1.04. The zero-order valence-corrected chi connectivity index (χ0v) is 9.27. The number of carboxylic acid groups (broad SMARTS) is 1. The van der Waals surface area contributed by atoms with Gasteiger partial charge in [0.05, 0.1) is 11.1 Å². The van der Waals surface area contributed by atoms with Crippen LogP contribution in [0.15, 0.2) is 18.2 Å². The number of anilines is 1. The van der Waals surface area contributed by atoms with Crippen molar-refractivity contribution < 1.29 is 9.90 Å². The lowest BCUT2D eigenvalue weighted by Crippen LogP contribution is -2.28. The van der Waals surface area contributed by atoms with Gasteiger partial charge in [0.25, 0.3) is 0 Å². The smallest absolute Gasteiger partial charge is 0.326 e. The molecule has 2 N–H and O–H groups in total. The van der Waals surface area contributed by atoms with Crippen LogP contribution in [0.2, 0.25) is 0 Å². The standard InChI is InChI=1S/C12H11N3O2/c1-2-11(12(16)17)15-10-4-3-8(6-13)9(5-10)7-14/h3-5,11,15H,2H2,1H3,(H,16,17). The molecule has 0 spiro atoms. The van der Waals surface area contributed by atoms with Gasteiger partial charge in [-0.15, -0.1) is 0 Å². The van der Waals surface area contributed by atoms with E-state index < -0.39 is 12.0 Å². The molecule has 0 fully saturated rings. The lowest BCUT2D eigenvalue weighted by Gasteiger charge is -2.13. The van der Waals surface area contributed by atoms with E-state index in [4.69, 9.17) is 15.6 Å². The first-order valence-electron chi connectivity index (χ1n) is 5.06. The number of carboxylic acids is 1. The van der Waals surface area contributed by atoms with Crippen molar-refractivity contribution in [1.82, 2.24) is 0 Å². The molecule has 1 atom stereocenters. The SMILES string of the molecule is CCC(Nc1ccc(C#N)c(C#N)c1)C(=O)O. The van der Waals surface area contributed by atoms with Gasteiger partial charge < -0.3 is 10.4 Å². The predicted molar refractivity (Wildman–Crippen MR) is 61.2 cm³/mol. The molecule has 0 aliphatic heterocycles. The highest BCUT2D eigenvalue weighted by Crippen LogP contribution is 2.16. The van der Waals surface area contributed by atoms with Gasteiger partial charge in [0.1, 0.15) is 18.2 Å². The second-order valence-corrected chi connectivity index (χ2v) is 3.43. The normalized spacial score (nSPS) is 11.0. The second kappa shape index (κ2) is 5.53. The van der Waals surface area contributed by atoms with Crippen LogP contribution in [0, 0.1) is 22.7 Å². The maximum Gasteiger partial charge on any atom is 0.326 e. The number of rotatable bonds is 4. The van der Waals surface area contributed by atoms with Crippen LogP contribution in [0.25, 0.3) is 0 Å². The van der Waals surface area contributed by atoms with Gasteiger partial charge in [0.15, 0.2) is 0 Å². The number of nitrogens with one attached hydrogen (secondary N) is 1. The Morgan fingerprint density at radius 2 is 2.06 bits per heavy atom. The molecule has 1 aromatic rings. The van der Waals surface area contributed by atoms with Crippen LogP contribution < -0.4 is 5.32 Å². The molecule has 0 aromatic heterocycles. The van der Waals surface area contributed by atoms with Gasteiger partial charge in [0, 0.05) is 5.69 Å². The molecule has 0 amide bonds. The molecule has 0 saturated carbocycles. The van der Waals surface area contributed by atoms with Gasteiger partial charge in [-0.05, 0) is 24.6 Å². The number of benzene rings is 1. The van der Waals surface area contributed by atoms with Crippen LogP contribution in [0.4, 0.5) is 5.69 Å². The number of carbonyl (C=O) groups is 1. The summed E-state index contributed by atoms with van der Waals surface area (Å²) in [5, 5.41) is 29.2. The van der Waals surface area contributed by atoms with Gasteiger partial charge >= 0.3 is 5.97 Å². The highest BCUT2D eigenvalue weighted by Gasteiger charge is 2.14. The molecule has 86 valence electrons. The van der Waals surface area contributed by atoms with Crippen LogP contribution in [-0.4, -0.2) is 17.1 Å². The molecule has 0 aliphatic rings. The summed E-state index contributed by atoms with van der Waals surface area (Å²) >= 11 is 0. The van der Waals surface area contributed by atoms with Crippen LogP contribution in [0.1, 0.15) is 24.5 Å².